The molecule has 18 heavy (non-hydrogen) atoms. The van der Waals surface area contributed by atoms with Crippen LogP contribution < -0.4 is 5.73 Å². The average molecular weight is 268 g/mol. The molecular formula is C14H24N2OS. The summed E-state index contributed by atoms with van der Waals surface area (Å²) >= 11 is 1.84. The van der Waals surface area contributed by atoms with Gasteiger partial charge in [-0.05, 0) is 51.3 Å². The fourth-order valence-electron chi connectivity index (χ4n) is 2.88. The van der Waals surface area contributed by atoms with Gasteiger partial charge in [-0.15, -0.1) is 11.3 Å². The van der Waals surface area contributed by atoms with Crippen LogP contribution in [0.3, 0.4) is 0 Å². The van der Waals surface area contributed by atoms with Crippen molar-refractivity contribution >= 4 is 11.3 Å². The van der Waals surface area contributed by atoms with Crippen LogP contribution in [0.2, 0.25) is 0 Å². The molecule has 2 rings (SSSR count). The van der Waals surface area contributed by atoms with Gasteiger partial charge in [0.15, 0.2) is 0 Å². The van der Waals surface area contributed by atoms with Crippen molar-refractivity contribution in [1.82, 2.24) is 4.90 Å². The van der Waals surface area contributed by atoms with E-state index in [9.17, 15) is 5.11 Å². The van der Waals surface area contributed by atoms with Crippen molar-refractivity contribution < 1.29 is 5.11 Å². The number of likely N-dealkylation sites (tertiary alicyclic amines) is 1. The minimum absolute atomic E-state index is 0.125. The molecule has 2 heterocycles. The average Bonchev–Trinajstić information content (AvgIpc) is 2.75. The normalized spacial score (nSPS) is 25.0. The van der Waals surface area contributed by atoms with Crippen LogP contribution in [0.25, 0.3) is 0 Å². The molecule has 0 spiro atoms. The summed E-state index contributed by atoms with van der Waals surface area (Å²) in [6.07, 6.45) is 2.31. The van der Waals surface area contributed by atoms with Crippen LogP contribution in [-0.2, 0) is 0 Å². The van der Waals surface area contributed by atoms with E-state index < -0.39 is 0 Å². The molecule has 3 atom stereocenters. The molecule has 4 heteroatoms. The molecule has 0 amide bonds. The van der Waals surface area contributed by atoms with Gasteiger partial charge in [0.2, 0.25) is 0 Å². The van der Waals surface area contributed by atoms with Gasteiger partial charge >= 0.3 is 0 Å². The number of piperidine rings is 1. The van der Waals surface area contributed by atoms with Gasteiger partial charge in [-0.25, -0.2) is 0 Å². The molecule has 1 aliphatic heterocycles. The van der Waals surface area contributed by atoms with Crippen molar-refractivity contribution in [3.63, 3.8) is 0 Å². The summed E-state index contributed by atoms with van der Waals surface area (Å²) in [4.78, 5) is 5.16. The fraction of sp³-hybridized carbons (Fsp3) is 0.714. The zero-order chi connectivity index (χ0) is 13.1. The molecule has 1 saturated heterocycles. The Bertz CT molecular complexity index is 378. The lowest BCUT2D eigenvalue weighted by Gasteiger charge is -2.39. The van der Waals surface area contributed by atoms with Gasteiger partial charge in [-0.1, -0.05) is 0 Å². The Morgan fingerprint density at radius 1 is 1.56 bits per heavy atom. The molecule has 3 unspecified atom stereocenters. The Labute approximate surface area is 114 Å². The maximum Gasteiger partial charge on any atom is 0.0590 e. The zero-order valence-electron chi connectivity index (χ0n) is 11.3. The molecule has 1 aromatic rings. The van der Waals surface area contributed by atoms with Crippen LogP contribution in [0, 0.1) is 12.8 Å². The highest BCUT2D eigenvalue weighted by atomic mass is 32.1. The van der Waals surface area contributed by atoms with E-state index in [4.69, 9.17) is 5.73 Å². The second-order valence-corrected chi connectivity index (χ2v) is 6.76. The number of rotatable bonds is 4. The first-order valence-electron chi connectivity index (χ1n) is 6.78. The predicted octanol–water partition coefficient (Wildman–Crippen LogP) is 2.15. The third-order valence-corrected chi connectivity index (χ3v) is 4.82. The first-order chi connectivity index (χ1) is 8.61. The summed E-state index contributed by atoms with van der Waals surface area (Å²) in [5.41, 5.74) is 6.20. The van der Waals surface area contributed by atoms with Crippen molar-refractivity contribution in [3.8, 4) is 0 Å². The standard InChI is InChI=1S/C14H24N2OS/c1-10-5-6-13(18-10)14(11(2)15)16-7-3-4-12(8-16)9-17/h5-6,11-12,14,17H,3-4,7-9,15H2,1-2H3. The topological polar surface area (TPSA) is 49.5 Å². The number of aliphatic hydroxyl groups excluding tert-OH is 1. The summed E-state index contributed by atoms with van der Waals surface area (Å²) < 4.78 is 0. The Kier molecular flexibility index (Phi) is 4.78. The third kappa shape index (κ3) is 3.12. The van der Waals surface area contributed by atoms with E-state index in [1.54, 1.807) is 0 Å². The maximum atomic E-state index is 9.35. The van der Waals surface area contributed by atoms with Crippen LogP contribution in [0.4, 0.5) is 0 Å². The highest BCUT2D eigenvalue weighted by Crippen LogP contribution is 2.32. The monoisotopic (exact) mass is 268 g/mol. The molecule has 1 aliphatic rings. The van der Waals surface area contributed by atoms with E-state index in [-0.39, 0.29) is 6.04 Å². The third-order valence-electron chi connectivity index (χ3n) is 3.75. The van der Waals surface area contributed by atoms with Crippen molar-refractivity contribution in [3.05, 3.63) is 21.9 Å². The van der Waals surface area contributed by atoms with Crippen LogP contribution in [0.5, 0.6) is 0 Å². The Hall–Kier alpha value is -0.420. The van der Waals surface area contributed by atoms with Crippen LogP contribution in [0.1, 0.15) is 35.6 Å². The minimum Gasteiger partial charge on any atom is -0.396 e. The van der Waals surface area contributed by atoms with E-state index in [1.807, 2.05) is 11.3 Å². The number of nitrogens with two attached hydrogens (primary N) is 1. The molecule has 1 fully saturated rings. The summed E-state index contributed by atoms with van der Waals surface area (Å²) in [5, 5.41) is 9.35. The van der Waals surface area contributed by atoms with Crippen LogP contribution in [-0.4, -0.2) is 35.7 Å². The van der Waals surface area contributed by atoms with Gasteiger partial charge < -0.3 is 10.8 Å². The largest absolute Gasteiger partial charge is 0.396 e. The number of nitrogens with zero attached hydrogens (tertiary/aromatic N) is 1. The minimum atomic E-state index is 0.125. The van der Waals surface area contributed by atoms with E-state index in [2.05, 4.69) is 30.9 Å². The summed E-state index contributed by atoms with van der Waals surface area (Å²) in [6.45, 7) is 6.59. The predicted molar refractivity (Wildman–Crippen MR) is 76.8 cm³/mol. The smallest absolute Gasteiger partial charge is 0.0590 e. The lowest BCUT2D eigenvalue weighted by Crippen LogP contribution is -2.45. The number of aryl methyl sites for hydroxylation is 1. The van der Waals surface area contributed by atoms with Crippen molar-refractivity contribution in [2.45, 2.75) is 38.8 Å². The number of thiophene rings is 1. The summed E-state index contributed by atoms with van der Waals surface area (Å²) in [7, 11) is 0. The molecule has 3 N–H and O–H groups in total. The van der Waals surface area contributed by atoms with Gasteiger partial charge in [0.1, 0.15) is 0 Å². The lowest BCUT2D eigenvalue weighted by molar-refractivity contribution is 0.0806. The van der Waals surface area contributed by atoms with E-state index in [1.165, 1.54) is 16.2 Å². The summed E-state index contributed by atoms with van der Waals surface area (Å²) in [5.74, 6) is 0.418. The first kappa shape index (κ1) is 14.0. The van der Waals surface area contributed by atoms with Crippen molar-refractivity contribution in [1.29, 1.82) is 0 Å². The Balaban J connectivity index is 2.14. The number of aliphatic hydroxyl groups is 1. The summed E-state index contributed by atoms with van der Waals surface area (Å²) in [6, 6.07) is 4.80. The molecule has 102 valence electrons. The molecular weight excluding hydrogens is 244 g/mol. The second kappa shape index (κ2) is 6.15. The van der Waals surface area contributed by atoms with Crippen LogP contribution in [0.15, 0.2) is 12.1 Å². The highest BCUT2D eigenvalue weighted by Gasteiger charge is 2.29. The Morgan fingerprint density at radius 3 is 2.89 bits per heavy atom. The van der Waals surface area contributed by atoms with Gasteiger partial charge in [0.25, 0.3) is 0 Å². The van der Waals surface area contributed by atoms with Gasteiger partial charge in [-0.3, -0.25) is 4.90 Å². The number of hydrogen-bond acceptors (Lipinski definition) is 4. The molecule has 0 radical (unpaired) electrons. The van der Waals surface area contributed by atoms with E-state index in [0.717, 1.165) is 19.5 Å². The fourth-order valence-corrected chi connectivity index (χ4v) is 4.01. The molecule has 0 bridgehead atoms. The molecule has 0 aliphatic carbocycles. The Morgan fingerprint density at radius 2 is 2.33 bits per heavy atom. The molecule has 1 aromatic heterocycles. The quantitative estimate of drug-likeness (QED) is 0.879. The zero-order valence-corrected chi connectivity index (χ0v) is 12.1. The number of hydrogen-bond donors (Lipinski definition) is 2. The molecule has 3 nitrogen and oxygen atoms in total. The van der Waals surface area contributed by atoms with Gasteiger partial charge in [-0.2, -0.15) is 0 Å². The second-order valence-electron chi connectivity index (χ2n) is 5.44. The van der Waals surface area contributed by atoms with Crippen molar-refractivity contribution in [2.24, 2.45) is 11.7 Å². The van der Waals surface area contributed by atoms with Crippen LogP contribution >= 0.6 is 11.3 Å². The van der Waals surface area contributed by atoms with E-state index in [0.29, 0.717) is 18.6 Å². The lowest BCUT2D eigenvalue weighted by atomic mass is 9.95. The maximum absolute atomic E-state index is 9.35. The van der Waals surface area contributed by atoms with Gasteiger partial charge in [0.05, 0.1) is 6.04 Å². The van der Waals surface area contributed by atoms with Gasteiger partial charge in [0, 0.05) is 28.9 Å². The van der Waals surface area contributed by atoms with Crippen molar-refractivity contribution in [2.75, 3.05) is 19.7 Å². The highest BCUT2D eigenvalue weighted by molar-refractivity contribution is 7.12. The van der Waals surface area contributed by atoms with E-state index >= 15 is 0 Å². The molecule has 0 saturated carbocycles. The first-order valence-corrected chi connectivity index (χ1v) is 7.60. The SMILES string of the molecule is Cc1ccc(C(C(C)N)N2CCCC(CO)C2)s1. The molecule has 0 aromatic carbocycles.